The van der Waals surface area contributed by atoms with Crippen LogP contribution in [0.25, 0.3) is 17.0 Å². The van der Waals surface area contributed by atoms with Crippen LogP contribution in [0.1, 0.15) is 41.9 Å². The lowest BCUT2D eigenvalue weighted by Gasteiger charge is -2.35. The number of carbonyl (C=O) groups excluding carboxylic acids is 1. The molecule has 2 aromatic carbocycles. The number of Topliss-reactive ketones (excluding diaryl/α,β-unsaturated/α-hetero) is 1. The number of furan rings is 1. The van der Waals surface area contributed by atoms with Gasteiger partial charge in [-0.05, 0) is 42.5 Å². The number of phenols is 1. The lowest BCUT2D eigenvalue weighted by Crippen LogP contribution is -2.38. The third-order valence-corrected chi connectivity index (χ3v) is 5.96. The number of phenolic OH excluding ortho intramolecular Hbond substituents is 1. The van der Waals surface area contributed by atoms with Gasteiger partial charge in [0.05, 0.1) is 11.1 Å². The lowest BCUT2D eigenvalue weighted by molar-refractivity contribution is 0.101. The summed E-state index contributed by atoms with van der Waals surface area (Å²) in [7, 11) is 0. The van der Waals surface area contributed by atoms with Crippen LogP contribution in [-0.4, -0.2) is 28.9 Å². The van der Waals surface area contributed by atoms with E-state index in [1.54, 1.807) is 18.2 Å². The van der Waals surface area contributed by atoms with Gasteiger partial charge in [0.1, 0.15) is 22.8 Å². The molecule has 154 valence electrons. The van der Waals surface area contributed by atoms with Gasteiger partial charge < -0.3 is 14.3 Å². The summed E-state index contributed by atoms with van der Waals surface area (Å²) < 4.78 is 11.8. The van der Waals surface area contributed by atoms with E-state index in [0.29, 0.717) is 41.0 Å². The van der Waals surface area contributed by atoms with E-state index in [2.05, 4.69) is 18.7 Å². The Morgan fingerprint density at radius 1 is 1.13 bits per heavy atom. The zero-order chi connectivity index (χ0) is 20.8. The molecule has 5 rings (SSSR count). The minimum Gasteiger partial charge on any atom is -0.507 e. The number of hydrogen-bond acceptors (Lipinski definition) is 5. The summed E-state index contributed by atoms with van der Waals surface area (Å²) in [5.74, 6) is 2.45. The SMILES string of the molecule is C[C@@H]1C[C@H](C)CN(Cc2c(O)ccc3c2OC(=Cc2cc4ccccc4o2)C3=O)C1. The van der Waals surface area contributed by atoms with E-state index in [1.165, 1.54) is 6.42 Å². The fraction of sp³-hybridized carbons (Fsp3) is 0.320. The molecule has 0 aliphatic carbocycles. The summed E-state index contributed by atoms with van der Waals surface area (Å²) in [4.78, 5) is 15.3. The van der Waals surface area contributed by atoms with Gasteiger partial charge >= 0.3 is 0 Å². The van der Waals surface area contributed by atoms with Crippen molar-refractivity contribution in [3.63, 3.8) is 0 Å². The van der Waals surface area contributed by atoms with Crippen molar-refractivity contribution < 1.29 is 19.1 Å². The highest BCUT2D eigenvalue weighted by atomic mass is 16.5. The van der Waals surface area contributed by atoms with E-state index in [4.69, 9.17) is 9.15 Å². The first kappa shape index (κ1) is 18.9. The van der Waals surface area contributed by atoms with E-state index >= 15 is 0 Å². The van der Waals surface area contributed by atoms with E-state index in [-0.39, 0.29) is 17.3 Å². The molecule has 5 nitrogen and oxygen atoms in total. The molecule has 3 aromatic rings. The Morgan fingerprint density at radius 3 is 2.67 bits per heavy atom. The van der Waals surface area contributed by atoms with Crippen molar-refractivity contribution in [1.82, 2.24) is 4.90 Å². The number of allylic oxidation sites excluding steroid dienone is 1. The van der Waals surface area contributed by atoms with Gasteiger partial charge in [-0.25, -0.2) is 0 Å². The first-order valence-electron chi connectivity index (χ1n) is 10.5. The molecule has 1 N–H and O–H groups in total. The van der Waals surface area contributed by atoms with Crippen molar-refractivity contribution in [3.8, 4) is 11.5 Å². The number of carbonyl (C=O) groups is 1. The number of rotatable bonds is 3. The van der Waals surface area contributed by atoms with Crippen molar-refractivity contribution in [2.24, 2.45) is 11.8 Å². The van der Waals surface area contributed by atoms with Gasteiger partial charge in [0.15, 0.2) is 5.76 Å². The maximum atomic E-state index is 12.9. The molecule has 2 aliphatic heterocycles. The molecule has 0 unspecified atom stereocenters. The molecule has 5 heteroatoms. The number of piperidine rings is 1. The Labute approximate surface area is 175 Å². The first-order chi connectivity index (χ1) is 14.5. The number of fused-ring (bicyclic) bond motifs is 2. The van der Waals surface area contributed by atoms with E-state index < -0.39 is 0 Å². The fourth-order valence-electron chi connectivity index (χ4n) is 4.80. The zero-order valence-electron chi connectivity index (χ0n) is 17.2. The molecule has 1 aromatic heterocycles. The summed E-state index contributed by atoms with van der Waals surface area (Å²) in [6.07, 6.45) is 2.85. The molecule has 2 atom stereocenters. The number of ketones is 1. The Balaban J connectivity index is 1.46. The zero-order valence-corrected chi connectivity index (χ0v) is 17.2. The van der Waals surface area contributed by atoms with Crippen LogP contribution in [0.5, 0.6) is 11.5 Å². The van der Waals surface area contributed by atoms with Crippen LogP contribution < -0.4 is 4.74 Å². The monoisotopic (exact) mass is 403 g/mol. The fourth-order valence-corrected chi connectivity index (χ4v) is 4.80. The lowest BCUT2D eigenvalue weighted by atomic mass is 9.91. The quantitative estimate of drug-likeness (QED) is 0.607. The number of likely N-dealkylation sites (tertiary alicyclic amines) is 1. The smallest absolute Gasteiger partial charge is 0.232 e. The predicted molar refractivity (Wildman–Crippen MR) is 115 cm³/mol. The second-order valence-electron chi connectivity index (χ2n) is 8.71. The van der Waals surface area contributed by atoms with Crippen molar-refractivity contribution >= 4 is 22.8 Å². The summed E-state index contributed by atoms with van der Waals surface area (Å²) in [6, 6.07) is 12.8. The Morgan fingerprint density at radius 2 is 1.90 bits per heavy atom. The van der Waals surface area contributed by atoms with E-state index in [1.807, 2.05) is 30.3 Å². The normalized spacial score (nSPS) is 23.1. The van der Waals surface area contributed by atoms with Crippen LogP contribution in [0.15, 0.2) is 52.6 Å². The highest BCUT2D eigenvalue weighted by Gasteiger charge is 2.33. The van der Waals surface area contributed by atoms with Gasteiger partial charge in [0, 0.05) is 31.1 Å². The summed E-state index contributed by atoms with van der Waals surface area (Å²) >= 11 is 0. The van der Waals surface area contributed by atoms with Crippen molar-refractivity contribution in [2.75, 3.05) is 13.1 Å². The van der Waals surface area contributed by atoms with Gasteiger partial charge in [0.25, 0.3) is 0 Å². The third kappa shape index (κ3) is 3.39. The number of aromatic hydroxyl groups is 1. The number of ether oxygens (including phenoxy) is 1. The average Bonchev–Trinajstić information content (AvgIpc) is 3.24. The molecule has 0 bridgehead atoms. The second kappa shape index (κ2) is 7.33. The highest BCUT2D eigenvalue weighted by molar-refractivity contribution is 6.15. The summed E-state index contributed by atoms with van der Waals surface area (Å²) in [5, 5.41) is 11.5. The summed E-state index contributed by atoms with van der Waals surface area (Å²) in [6.45, 7) is 7.03. The van der Waals surface area contributed by atoms with Crippen LogP contribution in [0, 0.1) is 11.8 Å². The van der Waals surface area contributed by atoms with Crippen LogP contribution in [0.4, 0.5) is 0 Å². The van der Waals surface area contributed by atoms with Crippen LogP contribution >= 0.6 is 0 Å². The van der Waals surface area contributed by atoms with Gasteiger partial charge in [-0.1, -0.05) is 32.0 Å². The van der Waals surface area contributed by atoms with Gasteiger partial charge in [-0.15, -0.1) is 0 Å². The molecule has 30 heavy (non-hydrogen) atoms. The number of hydrogen-bond donors (Lipinski definition) is 1. The van der Waals surface area contributed by atoms with Crippen LogP contribution in [-0.2, 0) is 6.54 Å². The minimum absolute atomic E-state index is 0.164. The number of nitrogens with zero attached hydrogens (tertiary/aromatic N) is 1. The van der Waals surface area contributed by atoms with Gasteiger partial charge in [-0.2, -0.15) is 0 Å². The maximum Gasteiger partial charge on any atom is 0.232 e. The molecule has 1 fully saturated rings. The van der Waals surface area contributed by atoms with Gasteiger partial charge in [-0.3, -0.25) is 9.69 Å². The Bertz CT molecular complexity index is 1120. The van der Waals surface area contributed by atoms with Crippen LogP contribution in [0.2, 0.25) is 0 Å². The second-order valence-corrected chi connectivity index (χ2v) is 8.71. The molecule has 0 radical (unpaired) electrons. The van der Waals surface area contributed by atoms with Gasteiger partial charge in [0.2, 0.25) is 5.78 Å². The van der Waals surface area contributed by atoms with Crippen molar-refractivity contribution in [2.45, 2.75) is 26.8 Å². The van der Waals surface area contributed by atoms with Crippen molar-refractivity contribution in [1.29, 1.82) is 0 Å². The summed E-state index contributed by atoms with van der Waals surface area (Å²) in [5.41, 5.74) is 1.93. The van der Waals surface area contributed by atoms with Crippen LogP contribution in [0.3, 0.4) is 0 Å². The molecule has 1 saturated heterocycles. The predicted octanol–water partition coefficient (Wildman–Crippen LogP) is 5.23. The molecular formula is C25H25NO4. The van der Waals surface area contributed by atoms with E-state index in [9.17, 15) is 9.90 Å². The molecule has 0 saturated carbocycles. The molecule has 2 aliphatic rings. The Kier molecular flexibility index (Phi) is 4.63. The average molecular weight is 403 g/mol. The topological polar surface area (TPSA) is 62.9 Å². The van der Waals surface area contributed by atoms with Crippen molar-refractivity contribution in [3.05, 3.63) is 65.1 Å². The minimum atomic E-state index is -0.188. The number of benzene rings is 2. The molecule has 3 heterocycles. The molecule has 0 amide bonds. The molecule has 0 spiro atoms. The number of para-hydroxylation sites is 1. The molecular weight excluding hydrogens is 378 g/mol. The largest absolute Gasteiger partial charge is 0.507 e. The standard InChI is InChI=1S/C25H25NO4/c1-15-9-16(2)13-26(12-15)14-20-21(27)8-7-19-24(28)23(30-25(19)20)11-18-10-17-5-3-4-6-22(17)29-18/h3-8,10-11,15-16,27H,9,12-14H2,1-2H3/t15-,16+. The first-order valence-corrected chi connectivity index (χ1v) is 10.5. The highest BCUT2D eigenvalue weighted by Crippen LogP contribution is 2.41. The third-order valence-electron chi connectivity index (χ3n) is 5.96. The Hall–Kier alpha value is -3.05. The van der Waals surface area contributed by atoms with E-state index in [0.717, 1.165) is 24.1 Å². The maximum absolute atomic E-state index is 12.9.